The summed E-state index contributed by atoms with van der Waals surface area (Å²) in [7, 11) is -4.05. The molecule has 1 heterocycles. The van der Waals surface area contributed by atoms with Crippen LogP contribution >= 0.6 is 0 Å². The molecule has 0 spiro atoms. The monoisotopic (exact) mass is 301 g/mol. The molecular weight excluding hydrogens is 286 g/mol. The van der Waals surface area contributed by atoms with E-state index in [1.165, 1.54) is 18.2 Å². The third-order valence-electron chi connectivity index (χ3n) is 3.11. The Morgan fingerprint density at radius 3 is 2.75 bits per heavy atom. The summed E-state index contributed by atoms with van der Waals surface area (Å²) < 4.78 is 26.8. The second kappa shape index (κ2) is 5.83. The largest absolute Gasteiger partial charge is 0.390 e. The van der Waals surface area contributed by atoms with Crippen LogP contribution in [0.15, 0.2) is 29.2 Å². The Morgan fingerprint density at radius 1 is 1.40 bits per heavy atom. The first-order chi connectivity index (χ1) is 9.42. The zero-order chi connectivity index (χ0) is 14.8. The third-order valence-corrected chi connectivity index (χ3v) is 4.65. The summed E-state index contributed by atoms with van der Waals surface area (Å²) in [5.41, 5.74) is -0.483. The summed E-state index contributed by atoms with van der Waals surface area (Å²) in [6.07, 6.45) is -0.442. The van der Waals surface area contributed by atoms with Crippen LogP contribution < -0.4 is 10.0 Å². The maximum absolute atomic E-state index is 12.2. The zero-order valence-electron chi connectivity index (χ0n) is 10.5. The van der Waals surface area contributed by atoms with E-state index >= 15 is 0 Å². The van der Waals surface area contributed by atoms with E-state index in [4.69, 9.17) is 0 Å². The Balaban J connectivity index is 2.29. The van der Waals surface area contributed by atoms with Gasteiger partial charge in [-0.25, -0.2) is 13.1 Å². The van der Waals surface area contributed by atoms with Crippen molar-refractivity contribution >= 4 is 15.7 Å². The maximum atomic E-state index is 12.2. The van der Waals surface area contributed by atoms with E-state index in [1.54, 1.807) is 0 Å². The van der Waals surface area contributed by atoms with Crippen LogP contribution in [0.1, 0.15) is 6.42 Å². The summed E-state index contributed by atoms with van der Waals surface area (Å²) in [6.45, 7) is 0.852. The normalized spacial score (nSPS) is 23.4. The van der Waals surface area contributed by atoms with Crippen molar-refractivity contribution < 1.29 is 18.4 Å². The SMILES string of the molecule is O=[N+]([O-])c1ccccc1S(=O)(=O)NC1CCNCC1O. The lowest BCUT2D eigenvalue weighted by molar-refractivity contribution is -0.387. The van der Waals surface area contributed by atoms with E-state index in [1.807, 2.05) is 0 Å². The minimum atomic E-state index is -4.05. The molecule has 1 aliphatic heterocycles. The summed E-state index contributed by atoms with van der Waals surface area (Å²) in [5.74, 6) is 0. The van der Waals surface area contributed by atoms with E-state index in [-0.39, 0.29) is 6.54 Å². The fourth-order valence-electron chi connectivity index (χ4n) is 2.08. The number of nitro groups is 1. The Hall–Kier alpha value is -1.55. The predicted octanol–water partition coefficient (Wildman–Crippen LogP) is -0.404. The number of aliphatic hydroxyl groups excluding tert-OH is 1. The van der Waals surface area contributed by atoms with Crippen LogP contribution in [0.2, 0.25) is 0 Å². The van der Waals surface area contributed by atoms with Crippen LogP contribution in [0, 0.1) is 10.1 Å². The van der Waals surface area contributed by atoms with Crippen LogP contribution in [0.3, 0.4) is 0 Å². The highest BCUT2D eigenvalue weighted by atomic mass is 32.2. The molecule has 0 radical (unpaired) electrons. The number of piperidine rings is 1. The number of rotatable bonds is 4. The van der Waals surface area contributed by atoms with Gasteiger partial charge in [-0.1, -0.05) is 12.1 Å². The van der Waals surface area contributed by atoms with Crippen LogP contribution in [0.4, 0.5) is 5.69 Å². The van der Waals surface area contributed by atoms with Crippen molar-refractivity contribution in [3.63, 3.8) is 0 Å². The van der Waals surface area contributed by atoms with Gasteiger partial charge in [0, 0.05) is 12.6 Å². The fraction of sp³-hybridized carbons (Fsp3) is 0.455. The van der Waals surface area contributed by atoms with Crippen molar-refractivity contribution in [2.24, 2.45) is 0 Å². The average Bonchev–Trinajstić information content (AvgIpc) is 2.41. The molecule has 9 heteroatoms. The molecule has 2 rings (SSSR count). The highest BCUT2D eigenvalue weighted by molar-refractivity contribution is 7.89. The Morgan fingerprint density at radius 2 is 2.10 bits per heavy atom. The lowest BCUT2D eigenvalue weighted by atomic mass is 10.1. The molecule has 0 saturated carbocycles. The summed E-state index contributed by atoms with van der Waals surface area (Å²) in [5, 5.41) is 23.5. The highest BCUT2D eigenvalue weighted by Crippen LogP contribution is 2.23. The zero-order valence-corrected chi connectivity index (χ0v) is 11.3. The number of hydrogen-bond donors (Lipinski definition) is 3. The molecule has 2 unspecified atom stereocenters. The second-order valence-electron chi connectivity index (χ2n) is 4.51. The number of benzene rings is 1. The number of nitro benzene ring substituents is 1. The molecule has 1 aromatic carbocycles. The third kappa shape index (κ3) is 3.12. The molecule has 3 N–H and O–H groups in total. The van der Waals surface area contributed by atoms with Gasteiger partial charge in [0.25, 0.3) is 5.69 Å². The van der Waals surface area contributed by atoms with Crippen LogP contribution in [0.25, 0.3) is 0 Å². The maximum Gasteiger partial charge on any atom is 0.289 e. The van der Waals surface area contributed by atoms with Gasteiger partial charge in [0.05, 0.1) is 17.1 Å². The van der Waals surface area contributed by atoms with Crippen LogP contribution in [0.5, 0.6) is 0 Å². The van der Waals surface area contributed by atoms with Gasteiger partial charge < -0.3 is 10.4 Å². The minimum absolute atomic E-state index is 0.282. The van der Waals surface area contributed by atoms with Gasteiger partial charge in [-0.15, -0.1) is 0 Å². The van der Waals surface area contributed by atoms with Gasteiger partial charge in [-0.3, -0.25) is 10.1 Å². The minimum Gasteiger partial charge on any atom is -0.390 e. The van der Waals surface area contributed by atoms with E-state index in [0.717, 1.165) is 6.07 Å². The van der Waals surface area contributed by atoms with Gasteiger partial charge in [-0.2, -0.15) is 0 Å². The molecule has 0 aromatic heterocycles. The van der Waals surface area contributed by atoms with Gasteiger partial charge in [0.15, 0.2) is 4.90 Å². The van der Waals surface area contributed by atoms with E-state index in [0.29, 0.717) is 13.0 Å². The highest BCUT2D eigenvalue weighted by Gasteiger charge is 2.31. The second-order valence-corrected chi connectivity index (χ2v) is 6.20. The molecule has 20 heavy (non-hydrogen) atoms. The number of para-hydroxylation sites is 1. The number of aliphatic hydroxyl groups is 1. The van der Waals surface area contributed by atoms with E-state index < -0.39 is 37.7 Å². The van der Waals surface area contributed by atoms with Crippen molar-refractivity contribution in [3.05, 3.63) is 34.4 Å². The first kappa shape index (κ1) is 14.9. The van der Waals surface area contributed by atoms with Crippen molar-refractivity contribution in [1.82, 2.24) is 10.0 Å². The lowest BCUT2D eigenvalue weighted by Crippen LogP contribution is -2.52. The Bertz CT molecular complexity index is 604. The van der Waals surface area contributed by atoms with Gasteiger partial charge >= 0.3 is 0 Å². The Kier molecular flexibility index (Phi) is 4.33. The number of β-amino-alcohol motifs (C(OH)–C–C–N with tert-alkyl or cyclic N) is 1. The average molecular weight is 301 g/mol. The molecule has 0 bridgehead atoms. The Labute approximate surface area is 116 Å². The van der Waals surface area contributed by atoms with Crippen molar-refractivity contribution in [1.29, 1.82) is 0 Å². The fourth-order valence-corrected chi connectivity index (χ4v) is 3.55. The molecule has 110 valence electrons. The lowest BCUT2D eigenvalue weighted by Gasteiger charge is -2.28. The summed E-state index contributed by atoms with van der Waals surface area (Å²) in [4.78, 5) is 9.74. The van der Waals surface area contributed by atoms with E-state index in [9.17, 15) is 23.6 Å². The van der Waals surface area contributed by atoms with Crippen molar-refractivity contribution in [2.45, 2.75) is 23.5 Å². The van der Waals surface area contributed by atoms with Crippen molar-refractivity contribution in [3.8, 4) is 0 Å². The van der Waals surface area contributed by atoms with Crippen LogP contribution in [-0.2, 0) is 10.0 Å². The first-order valence-corrected chi connectivity index (χ1v) is 7.54. The molecule has 1 saturated heterocycles. The van der Waals surface area contributed by atoms with Gasteiger partial charge in [-0.05, 0) is 19.0 Å². The summed E-state index contributed by atoms with van der Waals surface area (Å²) in [6, 6.07) is 4.47. The molecule has 8 nitrogen and oxygen atoms in total. The smallest absolute Gasteiger partial charge is 0.289 e. The molecule has 1 aromatic rings. The molecule has 1 aliphatic rings. The molecule has 0 aliphatic carbocycles. The standard InChI is InChI=1S/C11H15N3O5S/c15-10-7-12-6-5-8(10)13-20(18,19)11-4-2-1-3-9(11)14(16)17/h1-4,8,10,12-13,15H,5-7H2. The summed E-state index contributed by atoms with van der Waals surface area (Å²) >= 11 is 0. The number of sulfonamides is 1. The van der Waals surface area contributed by atoms with Gasteiger partial charge in [0.1, 0.15) is 0 Å². The first-order valence-electron chi connectivity index (χ1n) is 6.06. The molecular formula is C11H15N3O5S. The number of hydrogen-bond acceptors (Lipinski definition) is 6. The van der Waals surface area contributed by atoms with Crippen molar-refractivity contribution in [2.75, 3.05) is 13.1 Å². The number of nitrogens with one attached hydrogen (secondary N) is 2. The quantitative estimate of drug-likeness (QED) is 0.513. The predicted molar refractivity (Wildman–Crippen MR) is 70.7 cm³/mol. The molecule has 2 atom stereocenters. The molecule has 1 fully saturated rings. The van der Waals surface area contributed by atoms with Crippen LogP contribution in [-0.4, -0.2) is 43.7 Å². The number of nitrogens with zero attached hydrogens (tertiary/aromatic N) is 1. The topological polar surface area (TPSA) is 122 Å². The van der Waals surface area contributed by atoms with Gasteiger partial charge in [0.2, 0.25) is 10.0 Å². The molecule has 0 amide bonds. The van der Waals surface area contributed by atoms with E-state index in [2.05, 4.69) is 10.0 Å².